The van der Waals surface area contributed by atoms with Gasteiger partial charge < -0.3 is 9.84 Å². The largest absolute Gasteiger partial charge is 0.360 e. The molecule has 154 valence electrons. The van der Waals surface area contributed by atoms with Gasteiger partial charge in [-0.25, -0.2) is 18.1 Å². The average molecular weight is 418 g/mol. The van der Waals surface area contributed by atoms with Crippen LogP contribution in [0.1, 0.15) is 36.9 Å². The van der Waals surface area contributed by atoms with Crippen LogP contribution in [0.3, 0.4) is 0 Å². The molecule has 0 aliphatic heterocycles. The quantitative estimate of drug-likeness (QED) is 0.593. The van der Waals surface area contributed by atoms with Crippen molar-refractivity contribution in [3.63, 3.8) is 0 Å². The van der Waals surface area contributed by atoms with Crippen LogP contribution in [0.25, 0.3) is 5.69 Å². The molecule has 0 saturated carbocycles. The Balaban J connectivity index is 1.64. The summed E-state index contributed by atoms with van der Waals surface area (Å²) in [7, 11) is -3.94. The van der Waals surface area contributed by atoms with Crippen molar-refractivity contribution in [3.05, 3.63) is 53.9 Å². The summed E-state index contributed by atoms with van der Waals surface area (Å²) < 4.78 is 34.0. The number of carbonyl (C=O) groups is 1. The van der Waals surface area contributed by atoms with E-state index in [0.29, 0.717) is 0 Å². The highest BCUT2D eigenvalue weighted by molar-refractivity contribution is 7.89. The van der Waals surface area contributed by atoms with Crippen molar-refractivity contribution in [2.24, 2.45) is 0 Å². The lowest BCUT2D eigenvalue weighted by Gasteiger charge is -2.19. The summed E-state index contributed by atoms with van der Waals surface area (Å²) in [5.74, 6) is -0.281. The van der Waals surface area contributed by atoms with Gasteiger partial charge in [-0.1, -0.05) is 17.3 Å². The molecule has 10 nitrogen and oxygen atoms in total. The first-order chi connectivity index (χ1) is 13.7. The number of hydrogen-bond donors (Lipinski definition) is 2. The summed E-state index contributed by atoms with van der Waals surface area (Å²) in [5.41, 5.74) is 1.94. The Morgan fingerprint density at radius 3 is 2.41 bits per heavy atom. The summed E-state index contributed by atoms with van der Waals surface area (Å²) in [4.78, 5) is 16.4. The Morgan fingerprint density at radius 2 is 1.86 bits per heavy atom. The van der Waals surface area contributed by atoms with Crippen LogP contribution in [0.4, 0.5) is 0 Å². The van der Waals surface area contributed by atoms with Gasteiger partial charge in [0, 0.05) is 0 Å². The molecule has 2 aromatic heterocycles. The van der Waals surface area contributed by atoms with Crippen LogP contribution >= 0.6 is 0 Å². The van der Waals surface area contributed by atoms with Gasteiger partial charge in [-0.3, -0.25) is 4.79 Å². The number of hydrogen-bond acceptors (Lipinski definition) is 7. The molecule has 0 fully saturated rings. The second-order valence-corrected chi connectivity index (χ2v) is 8.31. The van der Waals surface area contributed by atoms with Gasteiger partial charge in [-0.2, -0.15) is 9.82 Å². The lowest BCUT2D eigenvalue weighted by molar-refractivity contribution is -0.123. The number of aryl methyl sites for hydroxylation is 2. The maximum absolute atomic E-state index is 12.6. The van der Waals surface area contributed by atoms with E-state index in [1.807, 2.05) is 31.2 Å². The molecule has 0 bridgehead atoms. The highest BCUT2D eigenvalue weighted by Gasteiger charge is 2.28. The van der Waals surface area contributed by atoms with Gasteiger partial charge in [0.25, 0.3) is 0 Å². The molecule has 2 N–H and O–H groups in total. The lowest BCUT2D eigenvalue weighted by Crippen LogP contribution is -2.45. The molecule has 1 amide bonds. The van der Waals surface area contributed by atoms with E-state index in [0.717, 1.165) is 11.3 Å². The number of benzene rings is 1. The first kappa shape index (κ1) is 20.7. The SMILES string of the molecule is Cc1noc(C)c1S(=O)(=O)N[C@@H](C)C(=O)NC(C)c1ccc(-n2cncn2)cc1. The molecule has 0 aliphatic rings. The van der Waals surface area contributed by atoms with Crippen molar-refractivity contribution in [3.8, 4) is 5.69 Å². The van der Waals surface area contributed by atoms with Crippen LogP contribution in [0, 0.1) is 13.8 Å². The molecule has 11 heteroatoms. The first-order valence-electron chi connectivity index (χ1n) is 8.89. The Bertz CT molecular complexity index is 1070. The number of rotatable bonds is 7. The molecule has 29 heavy (non-hydrogen) atoms. The average Bonchev–Trinajstić information content (AvgIpc) is 3.31. The van der Waals surface area contributed by atoms with E-state index in [4.69, 9.17) is 4.52 Å². The first-order valence-corrected chi connectivity index (χ1v) is 10.4. The van der Waals surface area contributed by atoms with Crippen LogP contribution in [-0.4, -0.2) is 40.3 Å². The standard InChI is InChI=1S/C18H22N6O4S/c1-11(15-5-7-16(8-6-15)24-10-19-9-20-24)21-18(25)13(3)23-29(26,27)17-12(2)22-28-14(17)4/h5-11,13,23H,1-4H3,(H,21,25)/t11?,13-/m0/s1. The van der Waals surface area contributed by atoms with Gasteiger partial charge in [-0.05, 0) is 45.4 Å². The molecule has 0 spiro atoms. The minimum Gasteiger partial charge on any atom is -0.360 e. The molecule has 0 aliphatic carbocycles. The summed E-state index contributed by atoms with van der Waals surface area (Å²) in [6.07, 6.45) is 3.04. The predicted octanol–water partition coefficient (Wildman–Crippen LogP) is 1.42. The predicted molar refractivity (Wildman–Crippen MR) is 104 cm³/mol. The number of sulfonamides is 1. The fourth-order valence-corrected chi connectivity index (χ4v) is 4.41. The lowest BCUT2D eigenvalue weighted by atomic mass is 10.1. The van der Waals surface area contributed by atoms with Crippen LogP contribution in [0.2, 0.25) is 0 Å². The molecule has 1 unspecified atom stereocenters. The highest BCUT2D eigenvalue weighted by Crippen LogP contribution is 2.19. The Labute approximate surface area is 168 Å². The topological polar surface area (TPSA) is 132 Å². The molecule has 0 radical (unpaired) electrons. The van der Waals surface area contributed by atoms with E-state index in [1.165, 1.54) is 27.1 Å². The summed E-state index contributed by atoms with van der Waals surface area (Å²) in [6.45, 7) is 6.33. The van der Waals surface area contributed by atoms with E-state index in [9.17, 15) is 13.2 Å². The molecule has 3 aromatic rings. The zero-order valence-corrected chi connectivity index (χ0v) is 17.3. The van der Waals surface area contributed by atoms with Crippen molar-refractivity contribution in [2.45, 2.75) is 44.7 Å². The maximum atomic E-state index is 12.6. The van der Waals surface area contributed by atoms with Crippen LogP contribution in [-0.2, 0) is 14.8 Å². The fraction of sp³-hybridized carbons (Fsp3) is 0.333. The number of aromatic nitrogens is 4. The third kappa shape index (κ3) is 4.51. The third-order valence-corrected chi connectivity index (χ3v) is 6.18. The smallest absolute Gasteiger partial charge is 0.246 e. The zero-order chi connectivity index (χ0) is 21.2. The van der Waals surface area contributed by atoms with Gasteiger partial charge in [0.2, 0.25) is 15.9 Å². The van der Waals surface area contributed by atoms with Gasteiger partial charge in [-0.15, -0.1) is 0 Å². The third-order valence-electron chi connectivity index (χ3n) is 4.40. The van der Waals surface area contributed by atoms with Crippen molar-refractivity contribution in [2.75, 3.05) is 0 Å². The Kier molecular flexibility index (Phi) is 5.80. The molecule has 0 saturated heterocycles. The summed E-state index contributed by atoms with van der Waals surface area (Å²) in [5, 5.41) is 10.5. The van der Waals surface area contributed by atoms with E-state index in [2.05, 4.69) is 25.3 Å². The molecule has 2 atom stereocenters. The zero-order valence-electron chi connectivity index (χ0n) is 16.4. The molecule has 2 heterocycles. The summed E-state index contributed by atoms with van der Waals surface area (Å²) >= 11 is 0. The van der Waals surface area contributed by atoms with Crippen molar-refractivity contribution < 1.29 is 17.7 Å². The van der Waals surface area contributed by atoms with E-state index >= 15 is 0 Å². The molecule has 1 aromatic carbocycles. The highest BCUT2D eigenvalue weighted by atomic mass is 32.2. The van der Waals surface area contributed by atoms with Crippen molar-refractivity contribution in [1.29, 1.82) is 0 Å². The van der Waals surface area contributed by atoms with Crippen molar-refractivity contribution in [1.82, 2.24) is 30.0 Å². The normalized spacial score (nSPS) is 13.8. The van der Waals surface area contributed by atoms with E-state index in [1.54, 1.807) is 11.0 Å². The Hall–Kier alpha value is -3.05. The van der Waals surface area contributed by atoms with Gasteiger partial charge in [0.15, 0.2) is 5.76 Å². The number of amides is 1. The maximum Gasteiger partial charge on any atom is 0.246 e. The van der Waals surface area contributed by atoms with Crippen molar-refractivity contribution >= 4 is 15.9 Å². The van der Waals surface area contributed by atoms with E-state index in [-0.39, 0.29) is 22.4 Å². The minimum atomic E-state index is -3.94. The number of nitrogens with one attached hydrogen (secondary N) is 2. The second kappa shape index (κ2) is 8.13. The fourth-order valence-electron chi connectivity index (χ4n) is 2.88. The summed E-state index contributed by atoms with van der Waals surface area (Å²) in [6, 6.07) is 6.14. The Morgan fingerprint density at radius 1 is 1.17 bits per heavy atom. The van der Waals surface area contributed by atoms with Gasteiger partial charge >= 0.3 is 0 Å². The van der Waals surface area contributed by atoms with Crippen LogP contribution < -0.4 is 10.0 Å². The second-order valence-electron chi connectivity index (χ2n) is 6.66. The van der Waals surface area contributed by atoms with Crippen LogP contribution in [0.5, 0.6) is 0 Å². The number of nitrogens with zero attached hydrogens (tertiary/aromatic N) is 4. The monoisotopic (exact) mass is 418 g/mol. The molecular formula is C18H22N6O4S. The minimum absolute atomic E-state index is 0.0473. The van der Waals surface area contributed by atoms with E-state index < -0.39 is 22.0 Å². The van der Waals surface area contributed by atoms with Crippen LogP contribution in [0.15, 0.2) is 46.3 Å². The number of carbonyl (C=O) groups excluding carboxylic acids is 1. The molecular weight excluding hydrogens is 396 g/mol. The van der Waals surface area contributed by atoms with Gasteiger partial charge in [0.1, 0.15) is 23.2 Å². The van der Waals surface area contributed by atoms with Gasteiger partial charge in [0.05, 0.1) is 17.8 Å². The molecule has 3 rings (SSSR count).